The van der Waals surface area contributed by atoms with Crippen molar-refractivity contribution in [2.45, 2.75) is 32.6 Å². The first-order valence-electron chi connectivity index (χ1n) is 3.97. The molecule has 0 aromatic heterocycles. The van der Waals surface area contributed by atoms with Gasteiger partial charge in [-0.1, -0.05) is 19.8 Å². The zero-order valence-corrected chi connectivity index (χ0v) is 7.26. The van der Waals surface area contributed by atoms with Crippen molar-refractivity contribution in [3.05, 3.63) is 11.8 Å². The highest BCUT2D eigenvalue weighted by Gasteiger charge is 1.94. The fraction of sp³-hybridized carbons (Fsp3) is 0.667. The Hall–Kier alpha value is -0.970. The second kappa shape index (κ2) is 7.14. The molecule has 0 rings (SSSR count). The van der Waals surface area contributed by atoms with Crippen molar-refractivity contribution in [3.63, 3.8) is 0 Å². The van der Waals surface area contributed by atoms with Crippen LogP contribution < -0.4 is 0 Å². The zero-order valence-electron chi connectivity index (χ0n) is 7.26. The molecule has 0 atom stereocenters. The van der Waals surface area contributed by atoms with Gasteiger partial charge in [-0.05, 0) is 12.8 Å². The molecule has 0 aliphatic rings. The van der Waals surface area contributed by atoms with Crippen molar-refractivity contribution in [2.75, 3.05) is 7.11 Å². The quantitative estimate of drug-likeness (QED) is 0.345. The molecule has 0 unspecified atom stereocenters. The van der Waals surface area contributed by atoms with E-state index >= 15 is 0 Å². The monoisotopic (exact) mass is 153 g/mol. The minimum atomic E-state index is 0.737. The molecule has 0 saturated heterocycles. The second-order valence-corrected chi connectivity index (χ2v) is 2.45. The van der Waals surface area contributed by atoms with E-state index in [1.807, 2.05) is 0 Å². The molecule has 0 amide bonds. The maximum Gasteiger partial charge on any atom is 0.0979 e. The first kappa shape index (κ1) is 10.0. The summed E-state index contributed by atoms with van der Waals surface area (Å²) in [5, 5.41) is 8.56. The number of allylic oxidation sites excluding steroid dienone is 1. The third-order valence-electron chi connectivity index (χ3n) is 1.45. The Morgan fingerprint density at radius 1 is 1.55 bits per heavy atom. The smallest absolute Gasteiger partial charge is 0.0979 e. The van der Waals surface area contributed by atoms with Crippen molar-refractivity contribution in [3.8, 4) is 6.07 Å². The summed E-state index contributed by atoms with van der Waals surface area (Å²) in [6, 6.07) is 2.10. The molecule has 0 spiro atoms. The Labute approximate surface area is 68.5 Å². The molecule has 0 fully saturated rings. The van der Waals surface area contributed by atoms with Crippen molar-refractivity contribution < 1.29 is 4.74 Å². The van der Waals surface area contributed by atoms with E-state index in [-0.39, 0.29) is 0 Å². The van der Waals surface area contributed by atoms with Gasteiger partial charge in [-0.3, -0.25) is 0 Å². The standard InChI is InChI=1S/C9H15NO/c1-3-4-5-6-9(7-10)8-11-2/h8H,3-6H2,1-2H3. The van der Waals surface area contributed by atoms with Crippen LogP contribution in [0.25, 0.3) is 0 Å². The van der Waals surface area contributed by atoms with Gasteiger partial charge in [-0.2, -0.15) is 5.26 Å². The van der Waals surface area contributed by atoms with E-state index in [1.165, 1.54) is 19.1 Å². The third-order valence-corrected chi connectivity index (χ3v) is 1.45. The normalized spacial score (nSPS) is 10.8. The summed E-state index contributed by atoms with van der Waals surface area (Å²) < 4.78 is 4.74. The highest BCUT2D eigenvalue weighted by molar-refractivity contribution is 5.17. The van der Waals surface area contributed by atoms with Crippen LogP contribution in [0.2, 0.25) is 0 Å². The summed E-state index contributed by atoms with van der Waals surface area (Å²) in [6.45, 7) is 2.14. The predicted octanol–water partition coefficient (Wildman–Crippen LogP) is 2.62. The number of methoxy groups -OCH3 is 1. The molecule has 0 aliphatic heterocycles. The van der Waals surface area contributed by atoms with E-state index in [1.54, 1.807) is 7.11 Å². The van der Waals surface area contributed by atoms with Gasteiger partial charge in [-0.15, -0.1) is 0 Å². The highest BCUT2D eigenvalue weighted by Crippen LogP contribution is 2.07. The first-order chi connectivity index (χ1) is 5.35. The number of hydrogen-bond acceptors (Lipinski definition) is 2. The maximum absolute atomic E-state index is 8.56. The van der Waals surface area contributed by atoms with Gasteiger partial charge in [0.05, 0.1) is 25.0 Å². The van der Waals surface area contributed by atoms with Gasteiger partial charge in [0.15, 0.2) is 0 Å². The summed E-state index contributed by atoms with van der Waals surface area (Å²) >= 11 is 0. The largest absolute Gasteiger partial charge is 0.503 e. The van der Waals surface area contributed by atoms with Gasteiger partial charge in [0.1, 0.15) is 0 Å². The Kier molecular flexibility index (Phi) is 6.51. The topological polar surface area (TPSA) is 33.0 Å². The number of unbranched alkanes of at least 4 members (excludes halogenated alkanes) is 2. The van der Waals surface area contributed by atoms with E-state index in [2.05, 4.69) is 13.0 Å². The van der Waals surface area contributed by atoms with Gasteiger partial charge in [0.25, 0.3) is 0 Å². The molecule has 2 heteroatoms. The van der Waals surface area contributed by atoms with Gasteiger partial charge in [0, 0.05) is 0 Å². The van der Waals surface area contributed by atoms with Gasteiger partial charge in [0.2, 0.25) is 0 Å². The lowest BCUT2D eigenvalue weighted by molar-refractivity contribution is 0.334. The van der Waals surface area contributed by atoms with E-state index in [0.29, 0.717) is 0 Å². The van der Waals surface area contributed by atoms with Crippen molar-refractivity contribution in [2.24, 2.45) is 0 Å². The lowest BCUT2D eigenvalue weighted by atomic mass is 10.1. The Morgan fingerprint density at radius 2 is 2.27 bits per heavy atom. The van der Waals surface area contributed by atoms with Crippen molar-refractivity contribution in [1.29, 1.82) is 5.26 Å². The highest BCUT2D eigenvalue weighted by atomic mass is 16.5. The molecule has 0 radical (unpaired) electrons. The summed E-state index contributed by atoms with van der Waals surface area (Å²) in [5.41, 5.74) is 0.737. The van der Waals surface area contributed by atoms with Gasteiger partial charge in [-0.25, -0.2) is 0 Å². The summed E-state index contributed by atoms with van der Waals surface area (Å²) in [5.74, 6) is 0. The summed E-state index contributed by atoms with van der Waals surface area (Å²) in [6.07, 6.45) is 5.82. The summed E-state index contributed by atoms with van der Waals surface area (Å²) in [4.78, 5) is 0. The molecule has 0 N–H and O–H groups in total. The van der Waals surface area contributed by atoms with Crippen LogP contribution in [-0.4, -0.2) is 7.11 Å². The minimum Gasteiger partial charge on any atom is -0.503 e. The number of nitriles is 1. The molecule has 0 aromatic rings. The SMILES string of the molecule is CCCCCC(C#N)=COC. The zero-order chi connectivity index (χ0) is 8.53. The third kappa shape index (κ3) is 5.47. The van der Waals surface area contributed by atoms with E-state index in [9.17, 15) is 0 Å². The average molecular weight is 153 g/mol. The molecule has 11 heavy (non-hydrogen) atoms. The number of rotatable bonds is 5. The molecule has 0 heterocycles. The Bertz CT molecular complexity index is 155. The van der Waals surface area contributed by atoms with E-state index in [0.717, 1.165) is 18.4 Å². The number of hydrogen-bond donors (Lipinski definition) is 0. The molecule has 0 aliphatic carbocycles. The first-order valence-corrected chi connectivity index (χ1v) is 3.97. The van der Waals surface area contributed by atoms with E-state index in [4.69, 9.17) is 10.00 Å². The van der Waals surface area contributed by atoms with Crippen LogP contribution in [-0.2, 0) is 4.74 Å². The molecule has 0 aromatic carbocycles. The lowest BCUT2D eigenvalue weighted by Crippen LogP contribution is -1.82. The van der Waals surface area contributed by atoms with Crippen LogP contribution in [0.15, 0.2) is 11.8 Å². The van der Waals surface area contributed by atoms with Crippen LogP contribution in [0.1, 0.15) is 32.6 Å². The molecule has 0 bridgehead atoms. The minimum absolute atomic E-state index is 0.737. The molecular formula is C9H15NO. The van der Waals surface area contributed by atoms with Gasteiger partial charge >= 0.3 is 0 Å². The fourth-order valence-corrected chi connectivity index (χ4v) is 0.849. The molecule has 0 saturated carbocycles. The molecular weight excluding hydrogens is 138 g/mol. The molecule has 2 nitrogen and oxygen atoms in total. The predicted molar refractivity (Wildman–Crippen MR) is 44.8 cm³/mol. The van der Waals surface area contributed by atoms with Gasteiger partial charge < -0.3 is 4.74 Å². The fourth-order valence-electron chi connectivity index (χ4n) is 0.849. The average Bonchev–Trinajstić information content (AvgIpc) is 2.03. The van der Waals surface area contributed by atoms with Crippen LogP contribution in [0.4, 0.5) is 0 Å². The number of ether oxygens (including phenoxy) is 1. The van der Waals surface area contributed by atoms with Crippen LogP contribution in [0, 0.1) is 11.3 Å². The molecule has 62 valence electrons. The van der Waals surface area contributed by atoms with Crippen LogP contribution in [0.3, 0.4) is 0 Å². The Morgan fingerprint density at radius 3 is 2.73 bits per heavy atom. The number of nitrogens with zero attached hydrogens (tertiary/aromatic N) is 1. The summed E-state index contributed by atoms with van der Waals surface area (Å²) in [7, 11) is 1.57. The van der Waals surface area contributed by atoms with Crippen molar-refractivity contribution >= 4 is 0 Å². The lowest BCUT2D eigenvalue weighted by Gasteiger charge is -1.96. The van der Waals surface area contributed by atoms with Crippen LogP contribution in [0.5, 0.6) is 0 Å². The van der Waals surface area contributed by atoms with Crippen LogP contribution >= 0.6 is 0 Å². The van der Waals surface area contributed by atoms with Crippen molar-refractivity contribution in [1.82, 2.24) is 0 Å². The second-order valence-electron chi connectivity index (χ2n) is 2.45. The Balaban J connectivity index is 3.55. The maximum atomic E-state index is 8.56. The van der Waals surface area contributed by atoms with E-state index < -0.39 is 0 Å².